The lowest BCUT2D eigenvalue weighted by Crippen LogP contribution is -2.15. The molecule has 0 fully saturated rings. The van der Waals surface area contributed by atoms with Gasteiger partial charge in [-0.15, -0.1) is 0 Å². The Morgan fingerprint density at radius 1 is 1.30 bits per heavy atom. The van der Waals surface area contributed by atoms with Gasteiger partial charge in [-0.25, -0.2) is 15.0 Å². The molecule has 3 aromatic heterocycles. The molecule has 0 aromatic carbocycles. The minimum Gasteiger partial charge on any atom is -0.320 e. The normalized spacial score (nSPS) is 10.1. The number of imidazole rings is 1. The molecule has 0 saturated heterocycles. The predicted molar refractivity (Wildman–Crippen MR) is 83.0 cm³/mol. The van der Waals surface area contributed by atoms with E-state index in [2.05, 4.69) is 20.3 Å². The van der Waals surface area contributed by atoms with Gasteiger partial charge in [-0.05, 0) is 31.2 Å². The molecule has 3 aromatic rings. The van der Waals surface area contributed by atoms with E-state index in [-0.39, 0.29) is 17.3 Å². The van der Waals surface area contributed by atoms with Crippen molar-refractivity contribution in [2.24, 2.45) is 0 Å². The summed E-state index contributed by atoms with van der Waals surface area (Å²) >= 11 is 0. The van der Waals surface area contributed by atoms with Crippen LogP contribution < -0.4 is 5.32 Å². The van der Waals surface area contributed by atoms with Crippen molar-refractivity contribution in [3.63, 3.8) is 0 Å². The van der Waals surface area contributed by atoms with Gasteiger partial charge < -0.3 is 5.32 Å². The van der Waals surface area contributed by atoms with Gasteiger partial charge in [0, 0.05) is 23.8 Å². The van der Waals surface area contributed by atoms with Crippen molar-refractivity contribution in [3.05, 3.63) is 66.1 Å². The van der Waals surface area contributed by atoms with E-state index in [0.29, 0.717) is 17.2 Å². The first-order valence-corrected chi connectivity index (χ1v) is 6.81. The highest BCUT2D eigenvalue weighted by molar-refractivity contribution is 6.03. The molecule has 3 rings (SSSR count). The fraction of sp³-hybridized carbons (Fsp3) is 0.0625. The van der Waals surface area contributed by atoms with E-state index in [9.17, 15) is 4.79 Å². The SMILES string of the molecule is Cc1cc(NC(=O)c2cccc(-n3ccnc3)n2)cc(C#N)n1. The molecule has 1 N–H and O–H groups in total. The molecule has 0 radical (unpaired) electrons. The van der Waals surface area contributed by atoms with Crippen molar-refractivity contribution in [3.8, 4) is 11.9 Å². The Labute approximate surface area is 132 Å². The second-order valence-corrected chi connectivity index (χ2v) is 4.80. The molecule has 7 nitrogen and oxygen atoms in total. The number of nitrogens with one attached hydrogen (secondary N) is 1. The first-order chi connectivity index (χ1) is 11.2. The van der Waals surface area contributed by atoms with Crippen LogP contribution in [-0.4, -0.2) is 25.4 Å². The molecule has 23 heavy (non-hydrogen) atoms. The number of nitrogens with zero attached hydrogens (tertiary/aromatic N) is 5. The number of amides is 1. The smallest absolute Gasteiger partial charge is 0.274 e. The van der Waals surface area contributed by atoms with Crippen LogP contribution in [0, 0.1) is 18.3 Å². The molecule has 0 aliphatic rings. The second-order valence-electron chi connectivity index (χ2n) is 4.80. The standard InChI is InChI=1S/C16H12N6O/c1-11-7-12(8-13(9-17)19-11)20-16(23)14-3-2-4-15(21-14)22-6-5-18-10-22/h2-8,10H,1H3,(H,19,20,23). The molecular weight excluding hydrogens is 292 g/mol. The number of pyridine rings is 2. The van der Waals surface area contributed by atoms with Crippen LogP contribution >= 0.6 is 0 Å². The third kappa shape index (κ3) is 3.22. The van der Waals surface area contributed by atoms with Gasteiger partial charge in [0.15, 0.2) is 0 Å². The largest absolute Gasteiger partial charge is 0.320 e. The van der Waals surface area contributed by atoms with E-state index in [4.69, 9.17) is 5.26 Å². The summed E-state index contributed by atoms with van der Waals surface area (Å²) < 4.78 is 1.71. The third-order valence-corrected chi connectivity index (χ3v) is 3.06. The van der Waals surface area contributed by atoms with Crippen LogP contribution in [0.25, 0.3) is 5.82 Å². The van der Waals surface area contributed by atoms with Gasteiger partial charge in [-0.2, -0.15) is 5.26 Å². The molecule has 0 aliphatic carbocycles. The van der Waals surface area contributed by atoms with Crippen LogP contribution in [-0.2, 0) is 0 Å². The Morgan fingerprint density at radius 3 is 2.91 bits per heavy atom. The molecule has 0 saturated carbocycles. The maximum Gasteiger partial charge on any atom is 0.274 e. The quantitative estimate of drug-likeness (QED) is 0.799. The van der Waals surface area contributed by atoms with Gasteiger partial charge in [-0.3, -0.25) is 9.36 Å². The lowest BCUT2D eigenvalue weighted by molar-refractivity contribution is 0.102. The summed E-state index contributed by atoms with van der Waals surface area (Å²) in [5.74, 6) is 0.236. The Hall–Kier alpha value is -3.53. The van der Waals surface area contributed by atoms with Crippen molar-refractivity contribution >= 4 is 11.6 Å². The van der Waals surface area contributed by atoms with Crippen molar-refractivity contribution < 1.29 is 4.79 Å². The van der Waals surface area contributed by atoms with E-state index >= 15 is 0 Å². The van der Waals surface area contributed by atoms with Gasteiger partial charge in [-0.1, -0.05) is 6.07 Å². The second kappa shape index (κ2) is 6.07. The molecule has 1 amide bonds. The van der Waals surface area contributed by atoms with Crippen molar-refractivity contribution in [2.75, 3.05) is 5.32 Å². The number of aromatic nitrogens is 4. The number of anilines is 1. The Bertz CT molecular complexity index is 895. The number of carbonyl (C=O) groups is 1. The molecule has 7 heteroatoms. The number of aryl methyl sites for hydroxylation is 1. The lowest BCUT2D eigenvalue weighted by Gasteiger charge is -2.07. The van der Waals surface area contributed by atoms with E-state index in [0.717, 1.165) is 0 Å². The maximum absolute atomic E-state index is 12.3. The number of nitriles is 1. The highest BCUT2D eigenvalue weighted by atomic mass is 16.1. The Kier molecular flexibility index (Phi) is 3.80. The monoisotopic (exact) mass is 304 g/mol. The van der Waals surface area contributed by atoms with Crippen LogP contribution in [0.1, 0.15) is 21.9 Å². The summed E-state index contributed by atoms with van der Waals surface area (Å²) in [6, 6.07) is 10.3. The third-order valence-electron chi connectivity index (χ3n) is 3.06. The minimum atomic E-state index is -0.360. The van der Waals surface area contributed by atoms with Gasteiger partial charge >= 0.3 is 0 Å². The Balaban J connectivity index is 1.85. The van der Waals surface area contributed by atoms with E-state index < -0.39 is 0 Å². The summed E-state index contributed by atoms with van der Waals surface area (Å²) in [7, 11) is 0. The molecule has 0 spiro atoms. The van der Waals surface area contributed by atoms with E-state index in [1.807, 2.05) is 6.07 Å². The van der Waals surface area contributed by atoms with Gasteiger partial charge in [0.25, 0.3) is 5.91 Å². The maximum atomic E-state index is 12.3. The summed E-state index contributed by atoms with van der Waals surface area (Å²) in [5.41, 5.74) is 1.68. The number of hydrogen-bond donors (Lipinski definition) is 1. The number of rotatable bonds is 3. The highest BCUT2D eigenvalue weighted by Gasteiger charge is 2.10. The molecule has 3 heterocycles. The molecule has 0 atom stereocenters. The molecule has 0 aliphatic heterocycles. The van der Waals surface area contributed by atoms with E-state index in [1.54, 1.807) is 54.5 Å². The first kappa shape index (κ1) is 14.4. The molecular formula is C16H12N6O. The van der Waals surface area contributed by atoms with Crippen LogP contribution in [0.5, 0.6) is 0 Å². The fourth-order valence-corrected chi connectivity index (χ4v) is 2.08. The zero-order chi connectivity index (χ0) is 16.2. The summed E-state index contributed by atoms with van der Waals surface area (Å²) in [5, 5.41) is 11.7. The van der Waals surface area contributed by atoms with Crippen LogP contribution in [0.4, 0.5) is 5.69 Å². The van der Waals surface area contributed by atoms with Gasteiger partial charge in [0.05, 0.1) is 0 Å². The van der Waals surface area contributed by atoms with Gasteiger partial charge in [0.2, 0.25) is 0 Å². The lowest BCUT2D eigenvalue weighted by atomic mass is 10.2. The van der Waals surface area contributed by atoms with Crippen LogP contribution in [0.15, 0.2) is 49.1 Å². The Morgan fingerprint density at radius 2 is 2.17 bits per heavy atom. The minimum absolute atomic E-state index is 0.250. The predicted octanol–water partition coefficient (Wildman–Crippen LogP) is 2.09. The molecule has 112 valence electrons. The number of hydrogen-bond acceptors (Lipinski definition) is 5. The first-order valence-electron chi connectivity index (χ1n) is 6.81. The van der Waals surface area contributed by atoms with Crippen molar-refractivity contribution in [1.82, 2.24) is 19.5 Å². The van der Waals surface area contributed by atoms with Crippen molar-refractivity contribution in [2.45, 2.75) is 6.92 Å². The highest BCUT2D eigenvalue weighted by Crippen LogP contribution is 2.13. The fourth-order valence-electron chi connectivity index (χ4n) is 2.08. The topological polar surface area (TPSA) is 96.5 Å². The molecule has 0 bridgehead atoms. The van der Waals surface area contributed by atoms with E-state index in [1.165, 1.54) is 6.07 Å². The zero-order valence-electron chi connectivity index (χ0n) is 12.3. The van der Waals surface area contributed by atoms with Gasteiger partial charge in [0.1, 0.15) is 29.6 Å². The molecule has 0 unspecified atom stereocenters. The number of carbonyl (C=O) groups excluding carboxylic acids is 1. The summed E-state index contributed by atoms with van der Waals surface area (Å²) in [6.07, 6.45) is 4.99. The summed E-state index contributed by atoms with van der Waals surface area (Å²) in [6.45, 7) is 1.76. The average molecular weight is 304 g/mol. The zero-order valence-corrected chi connectivity index (χ0v) is 12.3. The average Bonchev–Trinajstić information content (AvgIpc) is 3.09. The summed E-state index contributed by atoms with van der Waals surface area (Å²) in [4.78, 5) is 24.6. The van der Waals surface area contributed by atoms with Crippen molar-refractivity contribution in [1.29, 1.82) is 5.26 Å². The van der Waals surface area contributed by atoms with Crippen LogP contribution in [0.3, 0.4) is 0 Å². The van der Waals surface area contributed by atoms with Crippen LogP contribution in [0.2, 0.25) is 0 Å².